The molecule has 22 heavy (non-hydrogen) atoms. The van der Waals surface area contributed by atoms with E-state index in [1.165, 1.54) is 0 Å². The molecule has 0 radical (unpaired) electrons. The topological polar surface area (TPSA) is 70.6 Å². The van der Waals surface area contributed by atoms with Crippen molar-refractivity contribution < 1.29 is 9.59 Å². The predicted molar refractivity (Wildman–Crippen MR) is 87.7 cm³/mol. The second-order valence-corrected chi connectivity index (χ2v) is 5.68. The summed E-state index contributed by atoms with van der Waals surface area (Å²) < 4.78 is 0. The van der Waals surface area contributed by atoms with Crippen LogP contribution in [0.4, 0.5) is 5.69 Å². The summed E-state index contributed by atoms with van der Waals surface area (Å²) in [5.74, 6) is 0.190. The fourth-order valence-electron chi connectivity index (χ4n) is 2.02. The molecule has 1 saturated carbocycles. The molecular weight excluding hydrogens is 278 g/mol. The highest BCUT2D eigenvalue weighted by molar-refractivity contribution is 6.01. The molecule has 118 valence electrons. The van der Waals surface area contributed by atoms with Gasteiger partial charge in [-0.1, -0.05) is 25.5 Å². The highest BCUT2D eigenvalue weighted by atomic mass is 16.2. The van der Waals surface area contributed by atoms with Gasteiger partial charge in [0, 0.05) is 18.0 Å². The molecule has 1 aromatic carbocycles. The third-order valence-electron chi connectivity index (χ3n) is 3.60. The minimum absolute atomic E-state index is 0.0700. The Balaban J connectivity index is 1.95. The van der Waals surface area contributed by atoms with E-state index in [1.807, 2.05) is 38.1 Å². The van der Waals surface area contributed by atoms with Crippen molar-refractivity contribution in [1.29, 1.82) is 0 Å². The fourth-order valence-corrected chi connectivity index (χ4v) is 2.02. The normalized spacial score (nSPS) is 14.5. The lowest BCUT2D eigenvalue weighted by molar-refractivity contribution is -0.121. The van der Waals surface area contributed by atoms with E-state index in [0.717, 1.165) is 36.9 Å². The maximum atomic E-state index is 11.8. The van der Waals surface area contributed by atoms with E-state index in [0.29, 0.717) is 12.1 Å². The number of benzene rings is 1. The van der Waals surface area contributed by atoms with Gasteiger partial charge in [0.05, 0.1) is 5.71 Å². The molecule has 0 spiro atoms. The van der Waals surface area contributed by atoms with Crippen molar-refractivity contribution in [3.63, 3.8) is 0 Å². The lowest BCUT2D eigenvalue weighted by Gasteiger charge is -2.07. The number of carbonyl (C=O) groups is 2. The molecule has 0 unspecified atom stereocenters. The minimum atomic E-state index is -0.0700. The van der Waals surface area contributed by atoms with E-state index < -0.39 is 0 Å². The third-order valence-corrected chi connectivity index (χ3v) is 3.60. The van der Waals surface area contributed by atoms with Gasteiger partial charge in [0.15, 0.2) is 0 Å². The molecule has 5 nitrogen and oxygen atoms in total. The van der Waals surface area contributed by atoms with Gasteiger partial charge in [-0.05, 0) is 43.9 Å². The molecule has 2 rings (SSSR count). The summed E-state index contributed by atoms with van der Waals surface area (Å²) in [6, 6.07) is 7.51. The van der Waals surface area contributed by atoms with Crippen molar-refractivity contribution in [2.45, 2.75) is 46.0 Å². The van der Waals surface area contributed by atoms with Crippen LogP contribution >= 0.6 is 0 Å². The Bertz CT molecular complexity index is 577. The third kappa shape index (κ3) is 4.98. The molecule has 1 fully saturated rings. The first-order chi connectivity index (χ1) is 10.6. The van der Waals surface area contributed by atoms with Crippen LogP contribution in [0, 0.1) is 5.92 Å². The smallest absolute Gasteiger partial charge is 0.240 e. The SMILES string of the molecule is CCCCC(=O)N/N=C(/C)c1cccc(NC(=O)C2CC2)c1. The molecule has 1 aliphatic carbocycles. The number of hydrogen-bond acceptors (Lipinski definition) is 3. The largest absolute Gasteiger partial charge is 0.326 e. The van der Waals surface area contributed by atoms with Gasteiger partial charge in [-0.2, -0.15) is 5.10 Å². The molecule has 0 saturated heterocycles. The zero-order chi connectivity index (χ0) is 15.9. The van der Waals surface area contributed by atoms with Crippen LogP contribution in [0.3, 0.4) is 0 Å². The van der Waals surface area contributed by atoms with Crippen molar-refractivity contribution in [1.82, 2.24) is 5.43 Å². The number of hydrogen-bond donors (Lipinski definition) is 2. The Labute approximate surface area is 131 Å². The second-order valence-electron chi connectivity index (χ2n) is 5.68. The van der Waals surface area contributed by atoms with Gasteiger partial charge >= 0.3 is 0 Å². The Hall–Kier alpha value is -2.17. The number of nitrogens with one attached hydrogen (secondary N) is 2. The lowest BCUT2D eigenvalue weighted by Crippen LogP contribution is -2.19. The maximum absolute atomic E-state index is 11.8. The molecule has 5 heteroatoms. The number of unbranched alkanes of at least 4 members (excludes halogenated alkanes) is 1. The van der Waals surface area contributed by atoms with Crippen LogP contribution in [0.1, 0.15) is 51.5 Å². The molecular formula is C17H23N3O2. The monoisotopic (exact) mass is 301 g/mol. The number of nitrogens with zero attached hydrogens (tertiary/aromatic N) is 1. The molecule has 0 aromatic heterocycles. The van der Waals surface area contributed by atoms with Crippen LogP contribution in [0.15, 0.2) is 29.4 Å². The molecule has 0 bridgehead atoms. The molecule has 0 heterocycles. The average molecular weight is 301 g/mol. The number of amides is 2. The number of hydrazone groups is 1. The molecule has 1 aromatic rings. The van der Waals surface area contributed by atoms with Crippen molar-refractivity contribution in [3.05, 3.63) is 29.8 Å². The van der Waals surface area contributed by atoms with Gasteiger partial charge in [-0.15, -0.1) is 0 Å². The van der Waals surface area contributed by atoms with E-state index in [-0.39, 0.29) is 17.7 Å². The van der Waals surface area contributed by atoms with Crippen LogP contribution < -0.4 is 10.7 Å². The van der Waals surface area contributed by atoms with Crippen molar-refractivity contribution in [2.24, 2.45) is 11.0 Å². The van der Waals surface area contributed by atoms with Gasteiger partial charge in [0.1, 0.15) is 0 Å². The van der Waals surface area contributed by atoms with Gasteiger partial charge in [0.25, 0.3) is 0 Å². The summed E-state index contributed by atoms with van der Waals surface area (Å²) in [7, 11) is 0. The quantitative estimate of drug-likeness (QED) is 0.600. The Kier molecular flexibility index (Phi) is 5.69. The fraction of sp³-hybridized carbons (Fsp3) is 0.471. The van der Waals surface area contributed by atoms with E-state index in [2.05, 4.69) is 15.8 Å². The first kappa shape index (κ1) is 16.2. The van der Waals surface area contributed by atoms with Gasteiger partial charge in [-0.25, -0.2) is 5.43 Å². The van der Waals surface area contributed by atoms with Gasteiger partial charge in [-0.3, -0.25) is 9.59 Å². The summed E-state index contributed by atoms with van der Waals surface area (Å²) >= 11 is 0. The van der Waals surface area contributed by atoms with Crippen LogP contribution in [0.25, 0.3) is 0 Å². The predicted octanol–water partition coefficient (Wildman–Crippen LogP) is 3.07. The maximum Gasteiger partial charge on any atom is 0.240 e. The molecule has 2 amide bonds. The number of anilines is 1. The second kappa shape index (κ2) is 7.73. The van der Waals surface area contributed by atoms with Crippen molar-refractivity contribution in [3.8, 4) is 0 Å². The Morgan fingerprint density at radius 1 is 1.32 bits per heavy atom. The van der Waals surface area contributed by atoms with Crippen LogP contribution in [-0.2, 0) is 9.59 Å². The zero-order valence-corrected chi connectivity index (χ0v) is 13.2. The molecule has 1 aliphatic rings. The first-order valence-electron chi connectivity index (χ1n) is 7.84. The van der Waals surface area contributed by atoms with E-state index in [1.54, 1.807) is 0 Å². The van der Waals surface area contributed by atoms with Crippen molar-refractivity contribution in [2.75, 3.05) is 5.32 Å². The summed E-state index contributed by atoms with van der Waals surface area (Å²) in [6.45, 7) is 3.88. The van der Waals surface area contributed by atoms with E-state index in [4.69, 9.17) is 0 Å². The molecule has 2 N–H and O–H groups in total. The van der Waals surface area contributed by atoms with Gasteiger partial charge in [0.2, 0.25) is 11.8 Å². The first-order valence-corrected chi connectivity index (χ1v) is 7.84. The average Bonchev–Trinajstić information content (AvgIpc) is 3.35. The molecule has 0 aliphatic heterocycles. The van der Waals surface area contributed by atoms with Crippen LogP contribution in [0.2, 0.25) is 0 Å². The Morgan fingerprint density at radius 3 is 2.77 bits per heavy atom. The summed E-state index contributed by atoms with van der Waals surface area (Å²) in [6.07, 6.45) is 4.30. The van der Waals surface area contributed by atoms with Gasteiger partial charge < -0.3 is 5.32 Å². The van der Waals surface area contributed by atoms with Crippen molar-refractivity contribution >= 4 is 23.2 Å². The van der Waals surface area contributed by atoms with Crippen LogP contribution in [-0.4, -0.2) is 17.5 Å². The number of rotatable bonds is 7. The van der Waals surface area contributed by atoms with E-state index >= 15 is 0 Å². The summed E-state index contributed by atoms with van der Waals surface area (Å²) in [5.41, 5.74) is 4.93. The summed E-state index contributed by atoms with van der Waals surface area (Å²) in [4.78, 5) is 23.3. The lowest BCUT2D eigenvalue weighted by atomic mass is 10.1. The highest BCUT2D eigenvalue weighted by Gasteiger charge is 2.29. The van der Waals surface area contributed by atoms with Crippen LogP contribution in [0.5, 0.6) is 0 Å². The standard InChI is InChI=1S/C17H23N3O2/c1-3-4-8-16(21)20-19-12(2)14-6-5-7-15(11-14)18-17(22)13-9-10-13/h5-7,11,13H,3-4,8-10H2,1-2H3,(H,18,22)(H,20,21)/b19-12-. The zero-order valence-electron chi connectivity index (χ0n) is 13.2. The Morgan fingerprint density at radius 2 is 2.09 bits per heavy atom. The molecule has 0 atom stereocenters. The highest BCUT2D eigenvalue weighted by Crippen LogP contribution is 2.30. The number of carbonyl (C=O) groups excluding carboxylic acids is 2. The summed E-state index contributed by atoms with van der Waals surface area (Å²) in [5, 5.41) is 7.03. The minimum Gasteiger partial charge on any atom is -0.326 e. The van der Waals surface area contributed by atoms with E-state index in [9.17, 15) is 9.59 Å².